The number of rotatable bonds is 9. The molecule has 1 atom stereocenters. The first-order valence-electron chi connectivity index (χ1n) is 11.3. The molecule has 1 aliphatic rings. The molecule has 3 N–H and O–H groups in total. The fourth-order valence-electron chi connectivity index (χ4n) is 3.92. The molecule has 4 rings (SSSR count). The van der Waals surface area contributed by atoms with Crippen molar-refractivity contribution in [1.82, 2.24) is 20.2 Å². The fourth-order valence-corrected chi connectivity index (χ4v) is 6.29. The highest BCUT2D eigenvalue weighted by Gasteiger charge is 2.34. The predicted octanol–water partition coefficient (Wildman–Crippen LogP) is 2.28. The normalized spacial score (nSPS) is 16.1. The average Bonchev–Trinajstić information content (AvgIpc) is 3.27. The molecule has 13 nitrogen and oxygen atoms in total. The lowest BCUT2D eigenvalue weighted by Gasteiger charge is -2.24. The number of anilines is 1. The summed E-state index contributed by atoms with van der Waals surface area (Å²) >= 11 is 1.22. The maximum atomic E-state index is 13.7. The number of hydrogen-bond acceptors (Lipinski definition) is 9. The summed E-state index contributed by atoms with van der Waals surface area (Å²) in [6.45, 7) is -0.791. The molecule has 3 heterocycles. The molecule has 208 valence electrons. The van der Waals surface area contributed by atoms with E-state index in [2.05, 4.69) is 18.1 Å². The monoisotopic (exact) mass is 693 g/mol. The van der Waals surface area contributed by atoms with Gasteiger partial charge in [0.25, 0.3) is 5.91 Å². The summed E-state index contributed by atoms with van der Waals surface area (Å²) in [4.78, 5) is 45.2. The number of aromatic nitrogens is 2. The smallest absolute Gasteiger partial charge is 0.356 e. The first-order valence-corrected chi connectivity index (χ1v) is 15.6. The summed E-state index contributed by atoms with van der Waals surface area (Å²) < 4.78 is 56.0. The second kappa shape index (κ2) is 11.7. The van der Waals surface area contributed by atoms with Crippen molar-refractivity contribution >= 4 is 69.2 Å². The van der Waals surface area contributed by atoms with Crippen LogP contribution in [-0.2, 0) is 28.8 Å². The molecular weight excluding hydrogens is 671 g/mol. The van der Waals surface area contributed by atoms with Crippen molar-refractivity contribution < 1.29 is 39.8 Å². The number of aromatic hydroxyl groups is 1. The number of halogens is 2. The van der Waals surface area contributed by atoms with Crippen molar-refractivity contribution in [3.05, 3.63) is 59.7 Å². The zero-order valence-electron chi connectivity index (χ0n) is 20.0. The maximum absolute atomic E-state index is 13.7. The molecule has 0 radical (unpaired) electrons. The molecule has 39 heavy (non-hydrogen) atoms. The highest BCUT2D eigenvalue weighted by Crippen LogP contribution is 2.42. The number of sulfonamides is 1. The number of carbonyl (C=O) groups is 2. The van der Waals surface area contributed by atoms with E-state index >= 15 is 0 Å². The summed E-state index contributed by atoms with van der Waals surface area (Å²) in [7, 11) is -7.83. The SMILES string of the molecule is O=C(CN(Cc1ccc(F)cc1)C(=O)c1nc(N2CCCS2(=O)=O)c2cccnc2c1O)NCP(=O)(O)OI. The summed E-state index contributed by atoms with van der Waals surface area (Å²) in [6, 6.07) is 8.13. The highest BCUT2D eigenvalue weighted by molar-refractivity contribution is 14.1. The van der Waals surface area contributed by atoms with Gasteiger partial charge in [0.15, 0.2) is 17.3 Å². The van der Waals surface area contributed by atoms with Crippen LogP contribution in [0.15, 0.2) is 42.6 Å². The minimum absolute atomic E-state index is 0.0699. The lowest BCUT2D eigenvalue weighted by Crippen LogP contribution is -2.41. The summed E-state index contributed by atoms with van der Waals surface area (Å²) in [5.41, 5.74) is -0.210. The van der Waals surface area contributed by atoms with Crippen LogP contribution in [0.1, 0.15) is 22.5 Å². The maximum Gasteiger partial charge on any atom is 0.356 e. The van der Waals surface area contributed by atoms with E-state index in [0.717, 1.165) is 21.3 Å². The minimum atomic E-state index is -4.10. The summed E-state index contributed by atoms with van der Waals surface area (Å²) in [6.07, 6.45) is 0.959. The molecular formula is C22H22FIN5O8PS. The second-order valence-electron chi connectivity index (χ2n) is 8.53. The Labute approximate surface area is 236 Å². The predicted molar refractivity (Wildman–Crippen MR) is 146 cm³/mol. The van der Waals surface area contributed by atoms with Gasteiger partial charge in [-0.2, -0.15) is 0 Å². The molecule has 2 aromatic heterocycles. The van der Waals surface area contributed by atoms with Gasteiger partial charge in [0.05, 0.1) is 5.75 Å². The van der Waals surface area contributed by atoms with Crippen molar-refractivity contribution in [3.8, 4) is 5.75 Å². The van der Waals surface area contributed by atoms with Crippen molar-refractivity contribution in [2.45, 2.75) is 13.0 Å². The molecule has 1 fully saturated rings. The topological polar surface area (TPSA) is 179 Å². The van der Waals surface area contributed by atoms with E-state index in [1.54, 1.807) is 0 Å². The van der Waals surface area contributed by atoms with E-state index in [9.17, 15) is 37.0 Å². The van der Waals surface area contributed by atoms with Crippen LogP contribution < -0.4 is 9.62 Å². The Kier molecular flexibility index (Phi) is 8.70. The van der Waals surface area contributed by atoms with E-state index < -0.39 is 59.5 Å². The quantitative estimate of drug-likeness (QED) is 0.223. The number of benzene rings is 1. The number of hydrogen-bond donors (Lipinski definition) is 3. The van der Waals surface area contributed by atoms with Gasteiger partial charge >= 0.3 is 7.60 Å². The number of carbonyl (C=O) groups excluding carboxylic acids is 2. The van der Waals surface area contributed by atoms with Gasteiger partial charge in [-0.25, -0.2) is 20.6 Å². The van der Waals surface area contributed by atoms with E-state index in [0.29, 0.717) is 12.0 Å². The largest absolute Gasteiger partial charge is 0.504 e. The minimum Gasteiger partial charge on any atom is -0.504 e. The van der Waals surface area contributed by atoms with Crippen molar-refractivity contribution in [1.29, 1.82) is 0 Å². The number of nitrogens with zero attached hydrogens (tertiary/aromatic N) is 4. The molecule has 1 aliphatic heterocycles. The van der Waals surface area contributed by atoms with Crippen LogP contribution in [0.3, 0.4) is 0 Å². The molecule has 0 aliphatic carbocycles. The second-order valence-corrected chi connectivity index (χ2v) is 13.4. The van der Waals surface area contributed by atoms with Crippen molar-refractivity contribution in [3.63, 3.8) is 0 Å². The zero-order chi connectivity index (χ0) is 28.4. The molecule has 1 aromatic carbocycles. The van der Waals surface area contributed by atoms with E-state index in [1.807, 2.05) is 0 Å². The van der Waals surface area contributed by atoms with Crippen LogP contribution >= 0.6 is 30.6 Å². The van der Waals surface area contributed by atoms with E-state index in [-0.39, 0.29) is 35.6 Å². The van der Waals surface area contributed by atoms with Gasteiger partial charge in [-0.15, -0.1) is 0 Å². The Bertz CT molecular complexity index is 1580. The number of fused-ring (bicyclic) bond motifs is 1. The van der Waals surface area contributed by atoms with Gasteiger partial charge in [0.2, 0.25) is 15.9 Å². The highest BCUT2D eigenvalue weighted by atomic mass is 127. The zero-order valence-corrected chi connectivity index (χ0v) is 23.9. The average molecular weight is 693 g/mol. The molecule has 0 bridgehead atoms. The van der Waals surface area contributed by atoms with E-state index in [1.165, 1.54) is 53.5 Å². The molecule has 3 aromatic rings. The van der Waals surface area contributed by atoms with Crippen LogP contribution in [-0.4, -0.2) is 70.2 Å². The summed E-state index contributed by atoms with van der Waals surface area (Å²) in [5.74, 6) is -3.17. The lowest BCUT2D eigenvalue weighted by atomic mass is 10.1. The van der Waals surface area contributed by atoms with Crippen molar-refractivity contribution in [2.75, 3.05) is 29.4 Å². The molecule has 1 unspecified atom stereocenters. The standard InChI is InChI=1S/C22H22FIN5O8PS/c23-15-6-4-14(5-7-15)11-28(12-17(30)26-13-38(33,34)37-24)22(32)19-20(31)18-16(3-1-8-25-18)21(27-19)29-9-2-10-39(29,35)36/h1,3-8,31H,2,9-13H2,(H,26,30)(H,33,34). The molecule has 17 heteroatoms. The van der Waals surface area contributed by atoms with Gasteiger partial charge < -0.3 is 20.2 Å². The fraction of sp³-hybridized carbons (Fsp3) is 0.273. The Hall–Kier alpha value is -2.92. The summed E-state index contributed by atoms with van der Waals surface area (Å²) in [5, 5.41) is 13.4. The van der Waals surface area contributed by atoms with Crippen LogP contribution in [0.2, 0.25) is 0 Å². The van der Waals surface area contributed by atoms with Crippen LogP contribution in [0, 0.1) is 5.82 Å². The van der Waals surface area contributed by atoms with Crippen molar-refractivity contribution in [2.24, 2.45) is 0 Å². The molecule has 0 saturated carbocycles. The lowest BCUT2D eigenvalue weighted by molar-refractivity contribution is -0.121. The Morgan fingerprint density at radius 1 is 1.26 bits per heavy atom. The Balaban J connectivity index is 1.75. The molecule has 2 amide bonds. The van der Waals surface area contributed by atoms with Gasteiger partial charge in [-0.3, -0.25) is 23.4 Å². The molecule has 0 spiro atoms. The number of pyridine rings is 2. The Morgan fingerprint density at radius 3 is 2.62 bits per heavy atom. The van der Waals surface area contributed by atoms with Gasteiger partial charge in [0, 0.05) is 24.7 Å². The van der Waals surface area contributed by atoms with Crippen LogP contribution in [0.25, 0.3) is 10.9 Å². The van der Waals surface area contributed by atoms with Gasteiger partial charge in [-0.1, -0.05) is 12.1 Å². The van der Waals surface area contributed by atoms with Crippen LogP contribution in [0.5, 0.6) is 5.75 Å². The third-order valence-corrected chi connectivity index (χ3v) is 10.2. The van der Waals surface area contributed by atoms with Gasteiger partial charge in [0.1, 0.15) is 47.2 Å². The van der Waals surface area contributed by atoms with Crippen LogP contribution in [0.4, 0.5) is 10.2 Å². The van der Waals surface area contributed by atoms with E-state index in [4.69, 9.17) is 0 Å². The third kappa shape index (κ3) is 6.63. The van der Waals surface area contributed by atoms with Gasteiger partial charge in [-0.05, 0) is 36.2 Å². The first-order chi connectivity index (χ1) is 18.4. The Morgan fingerprint density at radius 2 is 1.97 bits per heavy atom. The third-order valence-electron chi connectivity index (χ3n) is 5.75. The number of amides is 2. The number of nitrogens with one attached hydrogen (secondary N) is 1. The first kappa shape index (κ1) is 29.1. The molecule has 1 saturated heterocycles.